The van der Waals surface area contributed by atoms with E-state index in [9.17, 15) is 14.0 Å². The van der Waals surface area contributed by atoms with Crippen LogP contribution in [0.5, 0.6) is 0 Å². The lowest BCUT2D eigenvalue weighted by Crippen LogP contribution is -2.48. The lowest BCUT2D eigenvalue weighted by molar-refractivity contribution is -0.124. The van der Waals surface area contributed by atoms with Crippen molar-refractivity contribution in [2.75, 3.05) is 6.54 Å². The number of fused-ring (bicyclic) bond motifs is 1. The van der Waals surface area contributed by atoms with E-state index >= 15 is 0 Å². The van der Waals surface area contributed by atoms with Gasteiger partial charge in [0, 0.05) is 53.1 Å². The molecular formula is C22H19FN2O2S. The number of carbonyl (C=O) groups is 2. The van der Waals surface area contributed by atoms with Crippen molar-refractivity contribution in [2.45, 2.75) is 31.1 Å². The fourth-order valence-corrected chi connectivity index (χ4v) is 5.49. The number of hydrogen-bond acceptors (Lipinski definition) is 4. The van der Waals surface area contributed by atoms with E-state index in [0.717, 1.165) is 17.0 Å². The molecule has 1 fully saturated rings. The molecule has 1 aromatic heterocycles. The Hall–Kier alpha value is -2.60. The third kappa shape index (κ3) is 2.83. The summed E-state index contributed by atoms with van der Waals surface area (Å²) in [6.07, 6.45) is 1.82. The Bertz CT molecular complexity index is 1010. The average Bonchev–Trinajstić information content (AvgIpc) is 3.22. The molecule has 4 nitrogen and oxygen atoms in total. The number of allylic oxidation sites excluding steroid dienone is 2. The molecule has 5 rings (SSSR count). The van der Waals surface area contributed by atoms with Crippen molar-refractivity contribution in [1.29, 1.82) is 0 Å². The number of thiophene rings is 1. The van der Waals surface area contributed by atoms with Gasteiger partial charge in [0.25, 0.3) is 0 Å². The van der Waals surface area contributed by atoms with E-state index in [4.69, 9.17) is 4.99 Å². The Balaban J connectivity index is 1.63. The van der Waals surface area contributed by atoms with E-state index in [1.807, 2.05) is 11.4 Å². The summed E-state index contributed by atoms with van der Waals surface area (Å²) >= 11 is 1.66. The van der Waals surface area contributed by atoms with Crippen LogP contribution in [0.4, 0.5) is 4.39 Å². The minimum absolute atomic E-state index is 0.0511. The molecule has 0 bridgehead atoms. The fraction of sp³-hybridized carbons (Fsp3) is 0.318. The Kier molecular flexibility index (Phi) is 4.23. The highest BCUT2D eigenvalue weighted by atomic mass is 32.1. The third-order valence-corrected chi connectivity index (χ3v) is 6.94. The highest BCUT2D eigenvalue weighted by molar-refractivity contribution is 7.10. The molecule has 1 aromatic carbocycles. The molecule has 2 aliphatic heterocycles. The number of benzene rings is 1. The first-order valence-electron chi connectivity index (χ1n) is 9.52. The van der Waals surface area contributed by atoms with Gasteiger partial charge >= 0.3 is 0 Å². The Morgan fingerprint density at radius 1 is 1.07 bits per heavy atom. The molecule has 1 amide bonds. The van der Waals surface area contributed by atoms with Gasteiger partial charge in [-0.15, -0.1) is 11.3 Å². The predicted molar refractivity (Wildman–Crippen MR) is 106 cm³/mol. The maximum Gasteiger partial charge on any atom is 0.229 e. The molecule has 3 atom stereocenters. The highest BCUT2D eigenvalue weighted by Crippen LogP contribution is 2.47. The number of ketones is 1. The third-order valence-electron chi connectivity index (χ3n) is 5.90. The van der Waals surface area contributed by atoms with Gasteiger partial charge in [0.2, 0.25) is 5.91 Å². The highest BCUT2D eigenvalue weighted by Gasteiger charge is 2.46. The molecule has 0 radical (unpaired) electrons. The van der Waals surface area contributed by atoms with Crippen molar-refractivity contribution in [3.8, 4) is 0 Å². The van der Waals surface area contributed by atoms with Crippen LogP contribution in [-0.4, -0.2) is 23.9 Å². The van der Waals surface area contributed by atoms with Gasteiger partial charge in [0.15, 0.2) is 5.78 Å². The molecule has 3 aliphatic rings. The zero-order chi connectivity index (χ0) is 19.3. The topological polar surface area (TPSA) is 58.5 Å². The Morgan fingerprint density at radius 3 is 2.64 bits per heavy atom. The van der Waals surface area contributed by atoms with Crippen LogP contribution in [0.2, 0.25) is 0 Å². The molecule has 6 heteroatoms. The van der Waals surface area contributed by atoms with Gasteiger partial charge in [-0.2, -0.15) is 0 Å². The van der Waals surface area contributed by atoms with Gasteiger partial charge in [0.05, 0.1) is 5.92 Å². The number of nitrogens with one attached hydrogen (secondary N) is 1. The number of hydrogen-bond donors (Lipinski definition) is 1. The number of piperidine rings is 1. The minimum Gasteiger partial charge on any atom is -0.355 e. The van der Waals surface area contributed by atoms with E-state index in [1.165, 1.54) is 17.0 Å². The molecule has 3 unspecified atom stereocenters. The number of nitrogens with zero attached hydrogens (tertiary/aromatic N) is 1. The van der Waals surface area contributed by atoms with Crippen LogP contribution in [0.3, 0.4) is 0 Å². The first-order chi connectivity index (χ1) is 13.6. The van der Waals surface area contributed by atoms with Gasteiger partial charge in [0.1, 0.15) is 5.82 Å². The van der Waals surface area contributed by atoms with Crippen molar-refractivity contribution >= 4 is 28.7 Å². The molecule has 0 saturated carbocycles. The second kappa shape index (κ2) is 6.78. The van der Waals surface area contributed by atoms with Crippen molar-refractivity contribution in [3.05, 3.63) is 69.3 Å². The lowest BCUT2D eigenvalue weighted by atomic mass is 9.68. The summed E-state index contributed by atoms with van der Waals surface area (Å²) in [6.45, 7) is 0.565. The molecule has 28 heavy (non-hydrogen) atoms. The summed E-state index contributed by atoms with van der Waals surface area (Å²) in [6, 6.07) is 10.2. The number of rotatable bonds is 2. The van der Waals surface area contributed by atoms with Crippen LogP contribution in [0.15, 0.2) is 58.0 Å². The summed E-state index contributed by atoms with van der Waals surface area (Å²) in [5, 5.41) is 4.93. The Labute approximate surface area is 166 Å². The van der Waals surface area contributed by atoms with Gasteiger partial charge in [-0.1, -0.05) is 18.2 Å². The number of carbonyl (C=O) groups excluding carboxylic acids is 2. The molecular weight excluding hydrogens is 375 g/mol. The van der Waals surface area contributed by atoms with Crippen LogP contribution in [0.1, 0.15) is 41.5 Å². The SMILES string of the molecule is O=C1CC(c2cccs2)CC2=C1C(c1ccc(F)cc1)C1C(=O)NCCC1=N2. The van der Waals surface area contributed by atoms with Gasteiger partial charge in [-0.3, -0.25) is 14.6 Å². The molecule has 0 spiro atoms. The first kappa shape index (κ1) is 17.5. The zero-order valence-electron chi connectivity index (χ0n) is 15.2. The van der Waals surface area contributed by atoms with Crippen molar-refractivity contribution in [3.63, 3.8) is 0 Å². The quantitative estimate of drug-likeness (QED) is 0.838. The summed E-state index contributed by atoms with van der Waals surface area (Å²) in [5.74, 6) is -1.11. The maximum atomic E-state index is 13.5. The van der Waals surface area contributed by atoms with E-state index in [0.29, 0.717) is 31.4 Å². The summed E-state index contributed by atoms with van der Waals surface area (Å²) < 4.78 is 13.5. The van der Waals surface area contributed by atoms with E-state index in [1.54, 1.807) is 23.5 Å². The van der Waals surface area contributed by atoms with E-state index in [-0.39, 0.29) is 29.3 Å². The molecule has 1 saturated heterocycles. The summed E-state index contributed by atoms with van der Waals surface area (Å²) in [5.41, 5.74) is 3.10. The number of amides is 1. The lowest BCUT2D eigenvalue weighted by Gasteiger charge is -2.39. The Morgan fingerprint density at radius 2 is 1.89 bits per heavy atom. The van der Waals surface area contributed by atoms with Crippen LogP contribution >= 0.6 is 11.3 Å². The molecule has 2 aromatic rings. The van der Waals surface area contributed by atoms with Gasteiger partial charge in [-0.05, 0) is 35.6 Å². The molecule has 1 aliphatic carbocycles. The predicted octanol–water partition coefficient (Wildman–Crippen LogP) is 3.96. The monoisotopic (exact) mass is 394 g/mol. The second-order valence-corrected chi connectivity index (χ2v) is 8.53. The van der Waals surface area contributed by atoms with Gasteiger partial charge in [-0.25, -0.2) is 4.39 Å². The van der Waals surface area contributed by atoms with Crippen molar-refractivity contribution < 1.29 is 14.0 Å². The maximum absolute atomic E-state index is 13.5. The standard InChI is InChI=1S/C22H19FN2O2S/c23-14-5-3-12(4-6-14)19-20-16(25-15-7-8-24-22(27)21(15)19)10-13(11-17(20)26)18-2-1-9-28-18/h1-6,9,13,19,21H,7-8,10-11H2,(H,24,27). The number of halogens is 1. The average molecular weight is 394 g/mol. The fourth-order valence-electron chi connectivity index (χ4n) is 4.66. The summed E-state index contributed by atoms with van der Waals surface area (Å²) in [7, 11) is 0. The van der Waals surface area contributed by atoms with E-state index < -0.39 is 5.92 Å². The number of aliphatic imine (C=N–C) groups is 1. The first-order valence-corrected chi connectivity index (χ1v) is 10.4. The van der Waals surface area contributed by atoms with Crippen molar-refractivity contribution in [1.82, 2.24) is 5.32 Å². The zero-order valence-corrected chi connectivity index (χ0v) is 16.0. The minimum atomic E-state index is -0.486. The smallest absolute Gasteiger partial charge is 0.229 e. The summed E-state index contributed by atoms with van der Waals surface area (Å²) in [4.78, 5) is 32.0. The van der Waals surface area contributed by atoms with E-state index in [2.05, 4.69) is 11.4 Å². The van der Waals surface area contributed by atoms with Crippen LogP contribution in [0.25, 0.3) is 0 Å². The second-order valence-electron chi connectivity index (χ2n) is 7.56. The van der Waals surface area contributed by atoms with Crippen LogP contribution in [0, 0.1) is 11.7 Å². The number of Topliss-reactive ketones (excluding diaryl/α,β-unsaturated/α-hetero) is 1. The van der Waals surface area contributed by atoms with Gasteiger partial charge < -0.3 is 5.32 Å². The molecule has 3 heterocycles. The normalized spacial score (nSPS) is 27.0. The molecule has 1 N–H and O–H groups in total. The van der Waals surface area contributed by atoms with Crippen LogP contribution < -0.4 is 5.32 Å². The largest absolute Gasteiger partial charge is 0.355 e. The van der Waals surface area contributed by atoms with Crippen molar-refractivity contribution in [2.24, 2.45) is 10.9 Å². The van der Waals surface area contributed by atoms with Crippen LogP contribution in [-0.2, 0) is 9.59 Å². The molecule has 142 valence electrons.